The Morgan fingerprint density at radius 2 is 1.84 bits per heavy atom. The minimum absolute atomic E-state index is 0.0223. The summed E-state index contributed by atoms with van der Waals surface area (Å²) in [6.45, 7) is 21.9. The van der Waals surface area contributed by atoms with Gasteiger partial charge in [-0.15, -0.1) is 0 Å². The number of hydrogen-bond acceptors (Lipinski definition) is 6. The lowest BCUT2D eigenvalue weighted by Gasteiger charge is -2.41. The highest BCUT2D eigenvalue weighted by Crippen LogP contribution is 2.41. The molecule has 6 nitrogen and oxygen atoms in total. The zero-order valence-electron chi connectivity index (χ0n) is 22.0. The third-order valence-electron chi connectivity index (χ3n) is 6.77. The van der Waals surface area contributed by atoms with Crippen molar-refractivity contribution in [1.82, 2.24) is 0 Å². The monoisotopic (exact) mass is 468 g/mol. The molecule has 7 heteroatoms. The molecule has 0 unspecified atom stereocenters. The molecule has 32 heavy (non-hydrogen) atoms. The minimum Gasteiger partial charge on any atom is -0.494 e. The van der Waals surface area contributed by atoms with Gasteiger partial charge in [-0.05, 0) is 50.6 Å². The molecule has 0 bridgehead atoms. The Morgan fingerprint density at radius 3 is 2.34 bits per heavy atom. The van der Waals surface area contributed by atoms with E-state index in [-0.39, 0.29) is 34.7 Å². The summed E-state index contributed by atoms with van der Waals surface area (Å²) in [6.07, 6.45) is 4.61. The maximum Gasteiger partial charge on any atom is 0.330 e. The molecule has 2 aliphatic rings. The van der Waals surface area contributed by atoms with E-state index >= 15 is 0 Å². The Hall–Kier alpha value is -1.15. The van der Waals surface area contributed by atoms with Crippen LogP contribution in [0.15, 0.2) is 23.5 Å². The standard InChI is InChI=1S/C25H44O6Si/c1-17-20(31-25(7,8)30-17)15-19-12-18(14-22(26)27-9)13-21(29-19)24(5,6)16-28-32(10,11)23(2,3)4/h13-14,17,19-20H,12,15-16H2,1-11H3/b18-14+/t17-,19+,20-/m1/s1. The van der Waals surface area contributed by atoms with E-state index in [1.54, 1.807) is 6.08 Å². The van der Waals surface area contributed by atoms with E-state index in [0.29, 0.717) is 19.4 Å². The van der Waals surface area contributed by atoms with Gasteiger partial charge >= 0.3 is 5.97 Å². The van der Waals surface area contributed by atoms with Crippen LogP contribution in [0.25, 0.3) is 0 Å². The summed E-state index contributed by atoms with van der Waals surface area (Å²) in [5.41, 5.74) is 0.552. The zero-order chi connectivity index (χ0) is 24.5. The maximum absolute atomic E-state index is 12.0. The molecule has 2 rings (SSSR count). The lowest BCUT2D eigenvalue weighted by atomic mass is 9.87. The molecule has 0 aromatic rings. The van der Waals surface area contributed by atoms with Crippen LogP contribution in [-0.2, 0) is 28.2 Å². The van der Waals surface area contributed by atoms with Gasteiger partial charge in [0.05, 0.1) is 19.3 Å². The molecule has 1 saturated heterocycles. The van der Waals surface area contributed by atoms with Crippen LogP contribution >= 0.6 is 0 Å². The summed E-state index contributed by atoms with van der Waals surface area (Å²) < 4.78 is 29.9. The van der Waals surface area contributed by atoms with Crippen molar-refractivity contribution in [3.8, 4) is 0 Å². The molecule has 184 valence electrons. The molecule has 2 aliphatic heterocycles. The molecule has 0 aromatic carbocycles. The van der Waals surface area contributed by atoms with Crippen molar-refractivity contribution in [2.24, 2.45) is 5.41 Å². The second-order valence-corrected chi connectivity index (χ2v) is 16.6. The first-order valence-electron chi connectivity index (χ1n) is 11.6. The maximum atomic E-state index is 12.0. The first kappa shape index (κ1) is 27.1. The van der Waals surface area contributed by atoms with Crippen LogP contribution in [0, 0.1) is 5.41 Å². The van der Waals surface area contributed by atoms with Crippen LogP contribution < -0.4 is 0 Å². The fraction of sp³-hybridized carbons (Fsp3) is 0.800. The van der Waals surface area contributed by atoms with Gasteiger partial charge in [-0.1, -0.05) is 34.6 Å². The topological polar surface area (TPSA) is 63.2 Å². The number of allylic oxidation sites excluding steroid dienone is 1. The SMILES string of the molecule is COC(=O)/C=C1/C=C(C(C)(C)CO[Si](C)(C)C(C)(C)C)O[C@H](C[C@H]2OC(C)(C)O[C@@H]2C)C1. The highest BCUT2D eigenvalue weighted by atomic mass is 28.4. The van der Waals surface area contributed by atoms with Crippen LogP contribution in [0.2, 0.25) is 18.1 Å². The summed E-state index contributed by atoms with van der Waals surface area (Å²) in [5.74, 6) is -0.131. The lowest BCUT2D eigenvalue weighted by Crippen LogP contribution is -2.44. The summed E-state index contributed by atoms with van der Waals surface area (Å²) >= 11 is 0. The molecule has 0 amide bonds. The van der Waals surface area contributed by atoms with E-state index in [0.717, 1.165) is 11.3 Å². The number of hydrogen-bond donors (Lipinski definition) is 0. The number of methoxy groups -OCH3 is 1. The van der Waals surface area contributed by atoms with Crippen LogP contribution in [0.1, 0.15) is 68.2 Å². The minimum atomic E-state index is -1.91. The molecule has 2 heterocycles. The number of carbonyl (C=O) groups excluding carboxylic acids is 1. The average Bonchev–Trinajstić information content (AvgIpc) is 2.90. The van der Waals surface area contributed by atoms with Crippen molar-refractivity contribution in [2.45, 2.75) is 110 Å². The molecule has 3 atom stereocenters. The van der Waals surface area contributed by atoms with Crippen LogP contribution in [0.3, 0.4) is 0 Å². The molecule has 0 aromatic heterocycles. The van der Waals surface area contributed by atoms with Gasteiger partial charge in [0.25, 0.3) is 0 Å². The smallest absolute Gasteiger partial charge is 0.330 e. The second kappa shape index (κ2) is 9.61. The summed E-state index contributed by atoms with van der Waals surface area (Å²) in [6, 6.07) is 0. The fourth-order valence-electron chi connectivity index (χ4n) is 3.70. The predicted octanol–water partition coefficient (Wildman–Crippen LogP) is 5.74. The van der Waals surface area contributed by atoms with Crippen LogP contribution in [-0.4, -0.2) is 52.1 Å². The molecule has 0 aliphatic carbocycles. The Morgan fingerprint density at radius 1 is 1.22 bits per heavy atom. The first-order valence-corrected chi connectivity index (χ1v) is 14.5. The van der Waals surface area contributed by atoms with Gasteiger partial charge in [-0.2, -0.15) is 0 Å². The lowest BCUT2D eigenvalue weighted by molar-refractivity contribution is -0.147. The average molecular weight is 469 g/mol. The summed E-state index contributed by atoms with van der Waals surface area (Å²) in [5, 5.41) is 0.131. The van der Waals surface area contributed by atoms with Crippen molar-refractivity contribution < 1.29 is 28.2 Å². The Labute approximate surface area is 195 Å². The van der Waals surface area contributed by atoms with Crippen molar-refractivity contribution in [3.05, 3.63) is 23.5 Å². The molecule has 0 N–H and O–H groups in total. The zero-order valence-corrected chi connectivity index (χ0v) is 23.0. The molecule has 0 spiro atoms. The highest BCUT2D eigenvalue weighted by Gasteiger charge is 2.43. The number of ether oxygens (including phenoxy) is 4. The summed E-state index contributed by atoms with van der Waals surface area (Å²) in [7, 11) is -0.513. The number of rotatable bonds is 7. The van der Waals surface area contributed by atoms with Gasteiger partial charge in [0, 0.05) is 30.9 Å². The molecular formula is C25H44O6Si. The predicted molar refractivity (Wildman–Crippen MR) is 129 cm³/mol. The van der Waals surface area contributed by atoms with Crippen LogP contribution in [0.5, 0.6) is 0 Å². The van der Waals surface area contributed by atoms with Gasteiger partial charge < -0.3 is 23.4 Å². The Bertz CT molecular complexity index is 744. The van der Waals surface area contributed by atoms with Gasteiger partial charge in [-0.25, -0.2) is 4.79 Å². The van der Waals surface area contributed by atoms with Crippen LogP contribution in [0.4, 0.5) is 0 Å². The highest BCUT2D eigenvalue weighted by molar-refractivity contribution is 6.74. The summed E-state index contributed by atoms with van der Waals surface area (Å²) in [4.78, 5) is 12.0. The van der Waals surface area contributed by atoms with E-state index in [4.69, 9.17) is 23.4 Å². The van der Waals surface area contributed by atoms with Gasteiger partial charge in [-0.3, -0.25) is 0 Å². The largest absolute Gasteiger partial charge is 0.494 e. The van der Waals surface area contributed by atoms with E-state index in [1.165, 1.54) is 7.11 Å². The molecule has 0 saturated carbocycles. The van der Waals surface area contributed by atoms with Crippen molar-refractivity contribution in [3.63, 3.8) is 0 Å². The van der Waals surface area contributed by atoms with E-state index < -0.39 is 14.1 Å². The molecular weight excluding hydrogens is 424 g/mol. The first-order chi connectivity index (χ1) is 14.5. The van der Waals surface area contributed by atoms with Gasteiger partial charge in [0.1, 0.15) is 11.9 Å². The molecule has 1 fully saturated rings. The Balaban J connectivity index is 2.22. The normalized spacial score (nSPS) is 27.8. The van der Waals surface area contributed by atoms with E-state index in [2.05, 4.69) is 47.7 Å². The van der Waals surface area contributed by atoms with Crippen molar-refractivity contribution >= 4 is 14.3 Å². The van der Waals surface area contributed by atoms with Gasteiger partial charge in [0.15, 0.2) is 14.1 Å². The Kier molecular flexibility index (Phi) is 8.13. The second-order valence-electron chi connectivity index (χ2n) is 11.7. The van der Waals surface area contributed by atoms with Gasteiger partial charge in [0.2, 0.25) is 0 Å². The van der Waals surface area contributed by atoms with E-state index in [9.17, 15) is 4.79 Å². The number of esters is 1. The fourth-order valence-corrected chi connectivity index (χ4v) is 4.86. The quantitative estimate of drug-likeness (QED) is 0.270. The van der Waals surface area contributed by atoms with E-state index in [1.807, 2.05) is 26.8 Å². The van der Waals surface area contributed by atoms with Crippen molar-refractivity contribution in [1.29, 1.82) is 0 Å². The molecule has 0 radical (unpaired) electrons. The third-order valence-corrected chi connectivity index (χ3v) is 11.2. The van der Waals surface area contributed by atoms with Crippen molar-refractivity contribution in [2.75, 3.05) is 13.7 Å². The third kappa shape index (κ3) is 6.92. The number of carbonyl (C=O) groups is 1.